The maximum Gasteiger partial charge on any atom is 0.329 e. The third-order valence-corrected chi connectivity index (χ3v) is 4.75. The van der Waals surface area contributed by atoms with Gasteiger partial charge in [-0.2, -0.15) is 0 Å². The van der Waals surface area contributed by atoms with Crippen molar-refractivity contribution >= 4 is 12.0 Å². The number of aliphatic carboxylic acids is 1. The summed E-state index contributed by atoms with van der Waals surface area (Å²) < 4.78 is 5.31. The Morgan fingerprint density at radius 3 is 2.71 bits per heavy atom. The lowest BCUT2D eigenvalue weighted by molar-refractivity contribution is -0.146. The van der Waals surface area contributed by atoms with E-state index in [2.05, 4.69) is 5.32 Å². The van der Waals surface area contributed by atoms with Crippen LogP contribution in [0.25, 0.3) is 0 Å². The topological polar surface area (TPSA) is 78.9 Å². The molecule has 0 aromatic rings. The van der Waals surface area contributed by atoms with Gasteiger partial charge in [-0.3, -0.25) is 0 Å². The second-order valence-corrected chi connectivity index (χ2v) is 6.46. The van der Waals surface area contributed by atoms with Crippen molar-refractivity contribution in [3.05, 3.63) is 0 Å². The van der Waals surface area contributed by atoms with E-state index in [1.54, 1.807) is 12.0 Å². The second kappa shape index (κ2) is 6.64. The molecule has 2 rings (SSSR count). The van der Waals surface area contributed by atoms with Crippen LogP contribution in [0.2, 0.25) is 0 Å². The van der Waals surface area contributed by atoms with Gasteiger partial charge in [-0.15, -0.1) is 0 Å². The number of ether oxygens (including phenoxy) is 1. The van der Waals surface area contributed by atoms with Gasteiger partial charge in [0.05, 0.1) is 6.10 Å². The van der Waals surface area contributed by atoms with Gasteiger partial charge in [0, 0.05) is 20.2 Å². The van der Waals surface area contributed by atoms with Gasteiger partial charge in [0.2, 0.25) is 0 Å². The highest BCUT2D eigenvalue weighted by Crippen LogP contribution is 2.33. The largest absolute Gasteiger partial charge is 0.480 e. The average molecular weight is 298 g/mol. The van der Waals surface area contributed by atoms with Crippen molar-refractivity contribution in [1.82, 2.24) is 10.2 Å². The molecule has 2 N–H and O–H groups in total. The molecule has 2 amide bonds. The summed E-state index contributed by atoms with van der Waals surface area (Å²) in [6.07, 6.45) is 4.78. The molecule has 6 nitrogen and oxygen atoms in total. The van der Waals surface area contributed by atoms with Gasteiger partial charge in [0.15, 0.2) is 0 Å². The van der Waals surface area contributed by atoms with Crippen LogP contribution >= 0.6 is 0 Å². The molecule has 0 aromatic heterocycles. The number of nitrogens with one attached hydrogen (secondary N) is 1. The minimum absolute atomic E-state index is 0.0514. The molecule has 1 saturated heterocycles. The molecule has 3 atom stereocenters. The maximum absolute atomic E-state index is 12.4. The first kappa shape index (κ1) is 16.1. The number of carboxylic acid groups (broad SMARTS) is 1. The van der Waals surface area contributed by atoms with Crippen LogP contribution < -0.4 is 5.32 Å². The first-order valence-corrected chi connectivity index (χ1v) is 7.80. The predicted octanol–water partition coefficient (Wildman–Crippen LogP) is 1.84. The molecule has 0 radical (unpaired) electrons. The number of hydrogen-bond donors (Lipinski definition) is 2. The summed E-state index contributed by atoms with van der Waals surface area (Å²) >= 11 is 0. The Morgan fingerprint density at radius 2 is 2.10 bits per heavy atom. The van der Waals surface area contributed by atoms with Crippen LogP contribution in [0.15, 0.2) is 0 Å². The molecular weight excluding hydrogens is 272 g/mol. The van der Waals surface area contributed by atoms with Gasteiger partial charge in [-0.05, 0) is 31.6 Å². The Morgan fingerprint density at radius 1 is 1.33 bits per heavy atom. The van der Waals surface area contributed by atoms with Crippen molar-refractivity contribution in [2.75, 3.05) is 20.2 Å². The zero-order valence-corrected chi connectivity index (χ0v) is 12.9. The number of carbonyl (C=O) groups is 2. The van der Waals surface area contributed by atoms with E-state index in [-0.39, 0.29) is 12.1 Å². The van der Waals surface area contributed by atoms with Crippen LogP contribution in [0.4, 0.5) is 4.79 Å². The van der Waals surface area contributed by atoms with Crippen LogP contribution in [0.1, 0.15) is 45.4 Å². The van der Waals surface area contributed by atoms with Gasteiger partial charge < -0.3 is 20.1 Å². The third-order valence-electron chi connectivity index (χ3n) is 4.75. The Kier molecular flexibility index (Phi) is 5.08. The monoisotopic (exact) mass is 298 g/mol. The fourth-order valence-corrected chi connectivity index (χ4v) is 3.51. The second-order valence-electron chi connectivity index (χ2n) is 6.46. The quantitative estimate of drug-likeness (QED) is 0.833. The number of rotatable bonds is 3. The smallest absolute Gasteiger partial charge is 0.329 e. The number of urea groups is 1. The van der Waals surface area contributed by atoms with Crippen molar-refractivity contribution in [3.63, 3.8) is 0 Å². The van der Waals surface area contributed by atoms with Gasteiger partial charge in [-0.1, -0.05) is 19.8 Å². The zero-order chi connectivity index (χ0) is 15.5. The van der Waals surface area contributed by atoms with E-state index in [4.69, 9.17) is 4.74 Å². The van der Waals surface area contributed by atoms with Crippen molar-refractivity contribution < 1.29 is 19.4 Å². The SMILES string of the molecule is COC1CCCN(C(=O)NC2(C(=O)O)CCCC(C)C2)C1. The Labute approximate surface area is 125 Å². The number of hydrogen-bond acceptors (Lipinski definition) is 3. The first-order valence-electron chi connectivity index (χ1n) is 7.80. The van der Waals surface area contributed by atoms with E-state index in [0.717, 1.165) is 25.7 Å². The van der Waals surface area contributed by atoms with Crippen molar-refractivity contribution in [2.45, 2.75) is 57.1 Å². The number of nitrogens with zero attached hydrogens (tertiary/aromatic N) is 1. The van der Waals surface area contributed by atoms with Crippen molar-refractivity contribution in [1.29, 1.82) is 0 Å². The summed E-state index contributed by atoms with van der Waals surface area (Å²) in [6.45, 7) is 3.25. The predicted molar refractivity (Wildman–Crippen MR) is 78.1 cm³/mol. The van der Waals surface area contributed by atoms with Gasteiger partial charge >= 0.3 is 12.0 Å². The maximum atomic E-state index is 12.4. The number of piperidine rings is 1. The Hall–Kier alpha value is -1.30. The van der Waals surface area contributed by atoms with Crippen molar-refractivity contribution in [3.8, 4) is 0 Å². The molecule has 21 heavy (non-hydrogen) atoms. The molecule has 1 aliphatic carbocycles. The lowest BCUT2D eigenvalue weighted by atomic mass is 9.76. The third kappa shape index (κ3) is 3.67. The van der Waals surface area contributed by atoms with E-state index < -0.39 is 11.5 Å². The fraction of sp³-hybridized carbons (Fsp3) is 0.867. The average Bonchev–Trinajstić information content (AvgIpc) is 2.47. The molecule has 0 aromatic carbocycles. The molecule has 0 bridgehead atoms. The summed E-state index contributed by atoms with van der Waals surface area (Å²) in [4.78, 5) is 25.8. The fourth-order valence-electron chi connectivity index (χ4n) is 3.51. The highest BCUT2D eigenvalue weighted by molar-refractivity contribution is 5.86. The molecule has 6 heteroatoms. The normalized spacial score (nSPS) is 33.5. The minimum atomic E-state index is -1.10. The molecule has 2 aliphatic rings. The molecule has 0 spiro atoms. The summed E-state index contributed by atoms with van der Waals surface area (Å²) in [6, 6.07) is -0.270. The summed E-state index contributed by atoms with van der Waals surface area (Å²) in [7, 11) is 1.65. The van der Waals surface area contributed by atoms with Crippen LogP contribution in [0, 0.1) is 5.92 Å². The van der Waals surface area contributed by atoms with Gasteiger partial charge in [-0.25, -0.2) is 9.59 Å². The van der Waals surface area contributed by atoms with Gasteiger partial charge in [0.1, 0.15) is 5.54 Å². The molecule has 3 unspecified atom stereocenters. The zero-order valence-electron chi connectivity index (χ0n) is 12.9. The van der Waals surface area contributed by atoms with E-state index in [1.807, 2.05) is 6.92 Å². The van der Waals surface area contributed by atoms with Gasteiger partial charge in [0.25, 0.3) is 0 Å². The highest BCUT2D eigenvalue weighted by atomic mass is 16.5. The van der Waals surface area contributed by atoms with E-state index in [9.17, 15) is 14.7 Å². The summed E-state index contributed by atoms with van der Waals surface area (Å²) in [5.74, 6) is -0.592. The number of methoxy groups -OCH3 is 1. The number of carboxylic acids is 1. The lowest BCUT2D eigenvalue weighted by Gasteiger charge is -2.40. The molecule has 1 saturated carbocycles. The van der Waals surface area contributed by atoms with E-state index in [1.165, 1.54) is 0 Å². The first-order chi connectivity index (χ1) is 9.97. The van der Waals surface area contributed by atoms with Crippen LogP contribution in [0.3, 0.4) is 0 Å². The van der Waals surface area contributed by atoms with Crippen LogP contribution in [-0.4, -0.2) is 53.8 Å². The lowest BCUT2D eigenvalue weighted by Crippen LogP contribution is -2.60. The Balaban J connectivity index is 2.03. The van der Waals surface area contributed by atoms with E-state index >= 15 is 0 Å². The number of carbonyl (C=O) groups excluding carboxylic acids is 1. The molecule has 2 fully saturated rings. The van der Waals surface area contributed by atoms with Crippen LogP contribution in [-0.2, 0) is 9.53 Å². The van der Waals surface area contributed by atoms with E-state index in [0.29, 0.717) is 31.8 Å². The molecule has 120 valence electrons. The number of amides is 2. The highest BCUT2D eigenvalue weighted by Gasteiger charge is 2.44. The molecule has 1 heterocycles. The molecule has 1 aliphatic heterocycles. The van der Waals surface area contributed by atoms with Crippen molar-refractivity contribution in [2.24, 2.45) is 5.92 Å². The summed E-state index contributed by atoms with van der Waals surface area (Å²) in [5.41, 5.74) is -1.10. The standard InChI is InChI=1S/C15H26N2O4/c1-11-5-3-7-15(9-11,13(18)19)16-14(20)17-8-4-6-12(10-17)21-2/h11-12H,3-10H2,1-2H3,(H,16,20)(H,18,19). The van der Waals surface area contributed by atoms with Crippen LogP contribution in [0.5, 0.6) is 0 Å². The molecular formula is C15H26N2O4. The number of likely N-dealkylation sites (tertiary alicyclic amines) is 1. The summed E-state index contributed by atoms with van der Waals surface area (Å²) in [5, 5.41) is 12.4. The minimum Gasteiger partial charge on any atom is -0.480 e. The Bertz CT molecular complexity index is 401.